The second-order valence-electron chi connectivity index (χ2n) is 3.58. The maximum absolute atomic E-state index is 5.90. The molecule has 82 valence electrons. The van der Waals surface area contributed by atoms with Crippen LogP contribution in [-0.4, -0.2) is 19.3 Å². The molecule has 3 nitrogen and oxygen atoms in total. The van der Waals surface area contributed by atoms with Crippen LogP contribution in [0.3, 0.4) is 0 Å². The average Bonchev–Trinajstić information content (AvgIpc) is 2.26. The number of nitrogen functional groups attached to an aromatic ring is 1. The highest BCUT2D eigenvalue weighted by atomic mass is 35.5. The number of rotatable bonds is 2. The minimum atomic E-state index is 0.194. The van der Waals surface area contributed by atoms with Crippen molar-refractivity contribution in [3.8, 4) is 5.75 Å². The molecule has 0 amide bonds. The highest BCUT2D eigenvalue weighted by Gasteiger charge is 2.16. The van der Waals surface area contributed by atoms with Gasteiger partial charge in [0.05, 0.1) is 23.9 Å². The maximum Gasteiger partial charge on any atom is 0.144 e. The number of nitrogens with two attached hydrogens (primary N) is 1. The zero-order valence-corrected chi connectivity index (χ0v) is 9.17. The maximum atomic E-state index is 5.90. The highest BCUT2D eigenvalue weighted by molar-refractivity contribution is 6.33. The molecular formula is C11H14ClNO2. The summed E-state index contributed by atoms with van der Waals surface area (Å²) in [6, 6.07) is 5.44. The van der Waals surface area contributed by atoms with E-state index in [9.17, 15) is 0 Å². The molecule has 0 bridgehead atoms. The summed E-state index contributed by atoms with van der Waals surface area (Å²) in [5.74, 6) is 0.675. The van der Waals surface area contributed by atoms with Crippen LogP contribution in [0.5, 0.6) is 5.75 Å². The van der Waals surface area contributed by atoms with Gasteiger partial charge in [-0.25, -0.2) is 0 Å². The molecular weight excluding hydrogens is 214 g/mol. The highest BCUT2D eigenvalue weighted by Crippen LogP contribution is 2.30. The van der Waals surface area contributed by atoms with E-state index in [0.717, 1.165) is 26.1 Å². The molecule has 4 heteroatoms. The number of halogens is 1. The second-order valence-corrected chi connectivity index (χ2v) is 3.99. The third-order valence-electron chi connectivity index (χ3n) is 2.47. The van der Waals surface area contributed by atoms with Gasteiger partial charge in [-0.3, -0.25) is 0 Å². The third kappa shape index (κ3) is 2.55. The Balaban J connectivity index is 2.06. The van der Waals surface area contributed by atoms with Gasteiger partial charge in [-0.2, -0.15) is 0 Å². The number of ether oxygens (including phenoxy) is 2. The first-order chi connectivity index (χ1) is 7.27. The molecule has 1 aromatic carbocycles. The summed E-state index contributed by atoms with van der Waals surface area (Å²) in [6.45, 7) is 1.51. The first kappa shape index (κ1) is 10.6. The molecule has 0 atom stereocenters. The summed E-state index contributed by atoms with van der Waals surface area (Å²) in [6.07, 6.45) is 2.01. The Kier molecular flexibility index (Phi) is 3.34. The van der Waals surface area contributed by atoms with Crippen LogP contribution in [0.25, 0.3) is 0 Å². The largest absolute Gasteiger partial charge is 0.488 e. The van der Waals surface area contributed by atoms with Crippen LogP contribution < -0.4 is 10.5 Å². The Morgan fingerprint density at radius 2 is 2.07 bits per heavy atom. The average molecular weight is 228 g/mol. The number of para-hydroxylation sites is 1. The van der Waals surface area contributed by atoms with E-state index in [1.807, 2.05) is 12.1 Å². The predicted molar refractivity (Wildman–Crippen MR) is 60.3 cm³/mol. The number of hydrogen-bond acceptors (Lipinski definition) is 3. The molecule has 1 heterocycles. The van der Waals surface area contributed by atoms with E-state index >= 15 is 0 Å². The summed E-state index contributed by atoms with van der Waals surface area (Å²) in [7, 11) is 0. The van der Waals surface area contributed by atoms with Gasteiger partial charge in [0, 0.05) is 12.8 Å². The van der Waals surface area contributed by atoms with Crippen LogP contribution in [0.15, 0.2) is 18.2 Å². The van der Waals surface area contributed by atoms with Crippen LogP contribution in [0, 0.1) is 0 Å². The molecule has 15 heavy (non-hydrogen) atoms. The van der Waals surface area contributed by atoms with E-state index in [2.05, 4.69) is 0 Å². The standard InChI is InChI=1S/C11H14ClNO2/c12-9-2-1-3-10(11(9)13)15-8-4-6-14-7-5-8/h1-3,8H,4-7,13H2. The first-order valence-corrected chi connectivity index (χ1v) is 5.43. The topological polar surface area (TPSA) is 44.5 Å². The lowest BCUT2D eigenvalue weighted by Crippen LogP contribution is -2.26. The zero-order chi connectivity index (χ0) is 10.7. The molecule has 1 aliphatic rings. The molecule has 0 aliphatic carbocycles. The van der Waals surface area contributed by atoms with Gasteiger partial charge >= 0.3 is 0 Å². The summed E-state index contributed by atoms with van der Waals surface area (Å²) in [5.41, 5.74) is 6.33. The molecule has 1 fully saturated rings. The normalized spacial score (nSPS) is 17.7. The minimum absolute atomic E-state index is 0.194. The van der Waals surface area contributed by atoms with Crippen molar-refractivity contribution in [1.29, 1.82) is 0 Å². The van der Waals surface area contributed by atoms with Gasteiger partial charge in [0.2, 0.25) is 0 Å². The lowest BCUT2D eigenvalue weighted by Gasteiger charge is -2.24. The molecule has 2 rings (SSSR count). The molecule has 1 aromatic rings. The van der Waals surface area contributed by atoms with Crippen LogP contribution in [0.2, 0.25) is 5.02 Å². The summed E-state index contributed by atoms with van der Waals surface area (Å²) >= 11 is 5.90. The molecule has 1 saturated heterocycles. The van der Waals surface area contributed by atoms with E-state index in [1.54, 1.807) is 6.07 Å². The van der Waals surface area contributed by atoms with E-state index in [1.165, 1.54) is 0 Å². The quantitative estimate of drug-likeness (QED) is 0.790. The van der Waals surface area contributed by atoms with Crippen LogP contribution in [0.1, 0.15) is 12.8 Å². The second kappa shape index (κ2) is 4.73. The Morgan fingerprint density at radius 3 is 2.80 bits per heavy atom. The third-order valence-corrected chi connectivity index (χ3v) is 2.80. The van der Waals surface area contributed by atoms with E-state index < -0.39 is 0 Å². The Labute approximate surface area is 94.1 Å². The molecule has 2 N–H and O–H groups in total. The Bertz CT molecular complexity index is 337. The van der Waals surface area contributed by atoms with Crippen molar-refractivity contribution in [2.45, 2.75) is 18.9 Å². The smallest absolute Gasteiger partial charge is 0.144 e. The van der Waals surface area contributed by atoms with Crippen molar-refractivity contribution >= 4 is 17.3 Å². The molecule has 1 aliphatic heterocycles. The summed E-state index contributed by atoms with van der Waals surface area (Å²) in [4.78, 5) is 0. The van der Waals surface area contributed by atoms with Crippen LogP contribution in [0.4, 0.5) is 5.69 Å². The monoisotopic (exact) mass is 227 g/mol. The molecule has 0 saturated carbocycles. The van der Waals surface area contributed by atoms with Gasteiger partial charge in [0.1, 0.15) is 11.9 Å². The van der Waals surface area contributed by atoms with Crippen molar-refractivity contribution in [1.82, 2.24) is 0 Å². The van der Waals surface area contributed by atoms with Crippen LogP contribution in [-0.2, 0) is 4.74 Å². The minimum Gasteiger partial charge on any atom is -0.488 e. The van der Waals surface area contributed by atoms with Crippen molar-refractivity contribution < 1.29 is 9.47 Å². The van der Waals surface area contributed by atoms with Gasteiger partial charge in [-0.1, -0.05) is 17.7 Å². The summed E-state index contributed by atoms with van der Waals surface area (Å²) in [5, 5.41) is 0.541. The fraction of sp³-hybridized carbons (Fsp3) is 0.455. The van der Waals surface area contributed by atoms with Crippen molar-refractivity contribution in [2.24, 2.45) is 0 Å². The van der Waals surface area contributed by atoms with Gasteiger partial charge in [-0.05, 0) is 12.1 Å². The van der Waals surface area contributed by atoms with E-state index in [-0.39, 0.29) is 6.10 Å². The summed E-state index contributed by atoms with van der Waals surface area (Å²) < 4.78 is 11.0. The van der Waals surface area contributed by atoms with Crippen molar-refractivity contribution in [3.05, 3.63) is 23.2 Å². The Hall–Kier alpha value is -0.930. The van der Waals surface area contributed by atoms with Crippen molar-refractivity contribution in [2.75, 3.05) is 18.9 Å². The molecule has 0 unspecified atom stereocenters. The van der Waals surface area contributed by atoms with Gasteiger partial charge in [0.25, 0.3) is 0 Å². The molecule has 0 radical (unpaired) electrons. The predicted octanol–water partition coefficient (Wildman–Crippen LogP) is 2.48. The van der Waals surface area contributed by atoms with Gasteiger partial charge in [0.15, 0.2) is 0 Å². The first-order valence-electron chi connectivity index (χ1n) is 5.06. The van der Waals surface area contributed by atoms with Gasteiger partial charge in [-0.15, -0.1) is 0 Å². The van der Waals surface area contributed by atoms with E-state index in [4.69, 9.17) is 26.8 Å². The number of anilines is 1. The lowest BCUT2D eigenvalue weighted by atomic mass is 10.1. The fourth-order valence-corrected chi connectivity index (χ4v) is 1.76. The number of benzene rings is 1. The van der Waals surface area contributed by atoms with Crippen LogP contribution >= 0.6 is 11.6 Å². The zero-order valence-electron chi connectivity index (χ0n) is 8.41. The SMILES string of the molecule is Nc1c(Cl)cccc1OC1CCOCC1. The lowest BCUT2D eigenvalue weighted by molar-refractivity contribution is 0.0259. The number of hydrogen-bond donors (Lipinski definition) is 1. The molecule has 0 spiro atoms. The Morgan fingerprint density at radius 1 is 1.33 bits per heavy atom. The van der Waals surface area contributed by atoms with Gasteiger partial charge < -0.3 is 15.2 Å². The fourth-order valence-electron chi connectivity index (χ4n) is 1.59. The van der Waals surface area contributed by atoms with Crippen molar-refractivity contribution in [3.63, 3.8) is 0 Å². The van der Waals surface area contributed by atoms with E-state index in [0.29, 0.717) is 16.5 Å². The molecule has 0 aromatic heterocycles.